The third kappa shape index (κ3) is 2.93. The highest BCUT2D eigenvalue weighted by Crippen LogP contribution is 2.27. The van der Waals surface area contributed by atoms with E-state index in [4.69, 9.17) is 5.73 Å². The highest BCUT2D eigenvalue weighted by atomic mass is 32.2. The van der Waals surface area contributed by atoms with E-state index in [0.717, 1.165) is 16.8 Å². The molecule has 0 bridgehead atoms. The average Bonchev–Trinajstić information content (AvgIpc) is 2.85. The Morgan fingerprint density at radius 1 is 1.19 bits per heavy atom. The molecule has 1 atom stereocenters. The monoisotopic (exact) mass is 324 g/mol. The van der Waals surface area contributed by atoms with Crippen molar-refractivity contribution in [3.05, 3.63) is 53.6 Å². The summed E-state index contributed by atoms with van der Waals surface area (Å²) in [5.41, 5.74) is 7.20. The zero-order valence-electron chi connectivity index (χ0n) is 10.7. The second-order valence-electron chi connectivity index (χ2n) is 4.43. The maximum Gasteiger partial charge on any atom is 0.182 e. The fourth-order valence-corrected chi connectivity index (χ4v) is 4.26. The Bertz CT molecular complexity index is 848. The zero-order chi connectivity index (χ0) is 15.0. The van der Waals surface area contributed by atoms with Gasteiger partial charge in [-0.05, 0) is 24.3 Å². The molecule has 0 aliphatic rings. The van der Waals surface area contributed by atoms with Gasteiger partial charge in [0.15, 0.2) is 4.34 Å². The first kappa shape index (κ1) is 14.1. The largest absolute Gasteiger partial charge is 0.399 e. The van der Waals surface area contributed by atoms with Crippen LogP contribution in [0.15, 0.2) is 40.7 Å². The van der Waals surface area contributed by atoms with Gasteiger partial charge in [-0.25, -0.2) is 13.8 Å². The zero-order valence-corrected chi connectivity index (χ0v) is 12.3. The molecule has 21 heavy (non-hydrogen) atoms. The van der Waals surface area contributed by atoms with Crippen molar-refractivity contribution in [2.45, 2.75) is 10.1 Å². The molecule has 2 N–H and O–H groups in total. The van der Waals surface area contributed by atoms with Gasteiger partial charge in [0.2, 0.25) is 0 Å². The molecule has 0 aliphatic heterocycles. The molecule has 1 unspecified atom stereocenters. The van der Waals surface area contributed by atoms with Crippen LogP contribution in [-0.2, 0) is 16.6 Å². The number of anilines is 1. The predicted molar refractivity (Wildman–Crippen MR) is 80.5 cm³/mol. The minimum atomic E-state index is -1.49. The second kappa shape index (κ2) is 5.50. The first-order valence-corrected chi connectivity index (χ1v) is 8.15. The molecule has 0 saturated heterocycles. The topological polar surface area (TPSA) is 56.0 Å². The Kier molecular flexibility index (Phi) is 3.69. The summed E-state index contributed by atoms with van der Waals surface area (Å²) >= 11 is 1.26. The van der Waals surface area contributed by atoms with E-state index < -0.39 is 22.4 Å². The fourth-order valence-electron chi connectivity index (χ4n) is 1.86. The Labute approximate surface area is 125 Å². The normalized spacial score (nSPS) is 12.7. The molecule has 3 aromatic rings. The summed E-state index contributed by atoms with van der Waals surface area (Å²) in [5, 5.41) is 0. The number of nitrogens with two attached hydrogens (primary N) is 1. The highest BCUT2D eigenvalue weighted by molar-refractivity contribution is 7.86. The molecule has 0 fully saturated rings. The van der Waals surface area contributed by atoms with Crippen LogP contribution in [0.2, 0.25) is 0 Å². The van der Waals surface area contributed by atoms with Crippen LogP contribution in [0, 0.1) is 11.6 Å². The van der Waals surface area contributed by atoms with Gasteiger partial charge in [-0.15, -0.1) is 11.3 Å². The number of thiazole rings is 1. The van der Waals surface area contributed by atoms with Crippen molar-refractivity contribution in [3.63, 3.8) is 0 Å². The Morgan fingerprint density at radius 2 is 2.00 bits per heavy atom. The number of fused-ring (bicyclic) bond motifs is 1. The summed E-state index contributed by atoms with van der Waals surface area (Å²) < 4.78 is 39.9. The van der Waals surface area contributed by atoms with E-state index in [-0.39, 0.29) is 11.3 Å². The lowest BCUT2D eigenvalue weighted by Gasteiger charge is -2.01. The molecule has 0 spiro atoms. The lowest BCUT2D eigenvalue weighted by atomic mass is 10.2. The van der Waals surface area contributed by atoms with Crippen molar-refractivity contribution >= 4 is 38.0 Å². The summed E-state index contributed by atoms with van der Waals surface area (Å²) in [6.45, 7) is 0. The van der Waals surface area contributed by atoms with E-state index in [1.54, 1.807) is 18.2 Å². The van der Waals surface area contributed by atoms with Gasteiger partial charge >= 0.3 is 0 Å². The van der Waals surface area contributed by atoms with Crippen LogP contribution < -0.4 is 5.73 Å². The molecule has 0 aliphatic carbocycles. The highest BCUT2D eigenvalue weighted by Gasteiger charge is 2.14. The standard InChI is InChI=1S/C14H10F2N2OS2/c15-9-2-1-8(11(16)5-9)7-21(19)14-18-12-4-3-10(17)6-13(12)20-14/h1-6H,7,17H2. The van der Waals surface area contributed by atoms with Gasteiger partial charge in [-0.2, -0.15) is 0 Å². The van der Waals surface area contributed by atoms with Crippen LogP contribution in [0.4, 0.5) is 14.5 Å². The van der Waals surface area contributed by atoms with E-state index in [1.165, 1.54) is 17.4 Å². The van der Waals surface area contributed by atoms with Crippen molar-refractivity contribution in [1.29, 1.82) is 0 Å². The van der Waals surface area contributed by atoms with Crippen molar-refractivity contribution < 1.29 is 13.0 Å². The van der Waals surface area contributed by atoms with E-state index >= 15 is 0 Å². The molecule has 0 saturated carbocycles. The van der Waals surface area contributed by atoms with Gasteiger partial charge in [0.05, 0.1) is 26.8 Å². The number of aromatic nitrogens is 1. The first-order chi connectivity index (χ1) is 10.0. The summed E-state index contributed by atoms with van der Waals surface area (Å²) in [5.74, 6) is -1.40. The van der Waals surface area contributed by atoms with Gasteiger partial charge in [-0.1, -0.05) is 6.07 Å². The minimum absolute atomic E-state index is 0.0403. The van der Waals surface area contributed by atoms with Gasteiger partial charge in [0, 0.05) is 17.3 Å². The lowest BCUT2D eigenvalue weighted by molar-refractivity contribution is 0.576. The molecule has 108 valence electrons. The van der Waals surface area contributed by atoms with Gasteiger partial charge in [0.1, 0.15) is 11.6 Å². The number of benzene rings is 2. The lowest BCUT2D eigenvalue weighted by Crippen LogP contribution is -1.99. The number of halogens is 2. The average molecular weight is 324 g/mol. The van der Waals surface area contributed by atoms with Crippen molar-refractivity contribution in [2.75, 3.05) is 5.73 Å². The molecular formula is C14H10F2N2OS2. The van der Waals surface area contributed by atoms with Crippen LogP contribution >= 0.6 is 11.3 Å². The van der Waals surface area contributed by atoms with Crippen molar-refractivity contribution in [2.24, 2.45) is 0 Å². The van der Waals surface area contributed by atoms with E-state index in [2.05, 4.69) is 4.98 Å². The molecule has 2 aromatic carbocycles. The summed E-state index contributed by atoms with van der Waals surface area (Å²) in [6, 6.07) is 8.45. The van der Waals surface area contributed by atoms with Crippen LogP contribution in [0.25, 0.3) is 10.2 Å². The van der Waals surface area contributed by atoms with Crippen LogP contribution in [0.3, 0.4) is 0 Å². The smallest absolute Gasteiger partial charge is 0.182 e. The second-order valence-corrected chi connectivity index (χ2v) is 7.09. The van der Waals surface area contributed by atoms with Gasteiger partial charge < -0.3 is 5.73 Å². The molecule has 1 heterocycles. The summed E-state index contributed by atoms with van der Waals surface area (Å²) in [6.07, 6.45) is 0. The van der Waals surface area contributed by atoms with Crippen molar-refractivity contribution in [3.8, 4) is 0 Å². The van der Waals surface area contributed by atoms with Crippen LogP contribution in [-0.4, -0.2) is 9.19 Å². The fraction of sp³-hybridized carbons (Fsp3) is 0.0714. The number of nitrogens with zero attached hydrogens (tertiary/aromatic N) is 1. The maximum absolute atomic E-state index is 13.6. The Balaban J connectivity index is 1.89. The molecule has 3 nitrogen and oxygen atoms in total. The number of rotatable bonds is 3. The SMILES string of the molecule is Nc1ccc2nc(S(=O)Cc3ccc(F)cc3F)sc2c1. The Morgan fingerprint density at radius 3 is 2.76 bits per heavy atom. The molecule has 3 rings (SSSR count). The molecular weight excluding hydrogens is 314 g/mol. The number of hydrogen-bond donors (Lipinski definition) is 1. The predicted octanol–water partition coefficient (Wildman–Crippen LogP) is 3.46. The van der Waals surface area contributed by atoms with Crippen LogP contribution in [0.1, 0.15) is 5.56 Å². The Hall–Kier alpha value is -1.86. The summed E-state index contributed by atoms with van der Waals surface area (Å²) in [4.78, 5) is 4.26. The molecule has 1 aromatic heterocycles. The first-order valence-electron chi connectivity index (χ1n) is 6.01. The maximum atomic E-state index is 13.6. The molecule has 7 heteroatoms. The van der Waals surface area contributed by atoms with Crippen LogP contribution in [0.5, 0.6) is 0 Å². The number of nitrogen functional groups attached to an aromatic ring is 1. The third-order valence-electron chi connectivity index (χ3n) is 2.89. The van der Waals surface area contributed by atoms with E-state index in [9.17, 15) is 13.0 Å². The number of hydrogen-bond acceptors (Lipinski definition) is 4. The van der Waals surface area contributed by atoms with E-state index in [1.807, 2.05) is 0 Å². The van der Waals surface area contributed by atoms with Gasteiger partial charge in [0.25, 0.3) is 0 Å². The third-order valence-corrected chi connectivity index (χ3v) is 5.56. The quantitative estimate of drug-likeness (QED) is 0.751. The molecule has 0 amide bonds. The van der Waals surface area contributed by atoms with Gasteiger partial charge in [-0.3, -0.25) is 4.21 Å². The van der Waals surface area contributed by atoms with E-state index in [0.29, 0.717) is 15.5 Å². The summed E-state index contributed by atoms with van der Waals surface area (Å²) in [7, 11) is -1.49. The minimum Gasteiger partial charge on any atom is -0.399 e. The molecule has 0 radical (unpaired) electrons. The van der Waals surface area contributed by atoms with Crippen molar-refractivity contribution in [1.82, 2.24) is 4.98 Å².